The van der Waals surface area contributed by atoms with Crippen molar-refractivity contribution in [3.63, 3.8) is 0 Å². The molecule has 1 saturated heterocycles. The first-order valence-electron chi connectivity index (χ1n) is 8.27. The molecule has 126 valence electrons. The van der Waals surface area contributed by atoms with Gasteiger partial charge in [0.2, 0.25) is 0 Å². The van der Waals surface area contributed by atoms with Crippen molar-refractivity contribution in [3.8, 4) is 0 Å². The summed E-state index contributed by atoms with van der Waals surface area (Å²) in [7, 11) is 1.72. The third kappa shape index (κ3) is 3.91. The summed E-state index contributed by atoms with van der Waals surface area (Å²) < 4.78 is 24.5. The van der Waals surface area contributed by atoms with Gasteiger partial charge in [-0.25, -0.2) is 4.39 Å². The average Bonchev–Trinajstić information content (AvgIpc) is 3.15. The van der Waals surface area contributed by atoms with Crippen molar-refractivity contribution in [2.45, 2.75) is 32.4 Å². The second-order valence-corrected chi connectivity index (χ2v) is 6.28. The lowest BCUT2D eigenvalue weighted by Crippen LogP contribution is -2.34. The summed E-state index contributed by atoms with van der Waals surface area (Å²) in [6, 6.07) is 4.90. The van der Waals surface area contributed by atoms with E-state index in [4.69, 9.17) is 9.47 Å². The van der Waals surface area contributed by atoms with Crippen LogP contribution >= 0.6 is 0 Å². The normalized spacial score (nSPS) is 18.3. The van der Waals surface area contributed by atoms with E-state index in [2.05, 4.69) is 9.88 Å². The molecule has 1 fully saturated rings. The molecule has 1 aromatic heterocycles. The number of H-pyrrole nitrogens is 1. The van der Waals surface area contributed by atoms with Crippen molar-refractivity contribution in [2.75, 3.05) is 33.4 Å². The molecule has 5 heteroatoms. The van der Waals surface area contributed by atoms with Gasteiger partial charge in [-0.15, -0.1) is 0 Å². The topological polar surface area (TPSA) is 37.5 Å². The summed E-state index contributed by atoms with van der Waals surface area (Å²) in [5, 5.41) is 0.962. The van der Waals surface area contributed by atoms with Gasteiger partial charge >= 0.3 is 0 Å². The molecule has 0 radical (unpaired) electrons. The number of methoxy groups -OCH3 is 1. The molecule has 1 aliphatic heterocycles. The van der Waals surface area contributed by atoms with Crippen LogP contribution in [0.25, 0.3) is 10.9 Å². The molecular formula is C18H25FN2O2. The monoisotopic (exact) mass is 320 g/mol. The Kier molecular flexibility index (Phi) is 5.30. The number of aryl methyl sites for hydroxylation is 1. The third-order valence-electron chi connectivity index (χ3n) is 4.60. The number of hydrogen-bond acceptors (Lipinski definition) is 3. The lowest BCUT2D eigenvalue weighted by molar-refractivity contribution is 0.0583. The number of aromatic nitrogens is 1. The maximum absolute atomic E-state index is 13.5. The van der Waals surface area contributed by atoms with Crippen LogP contribution in [0.2, 0.25) is 0 Å². The van der Waals surface area contributed by atoms with Crippen molar-refractivity contribution < 1.29 is 13.9 Å². The van der Waals surface area contributed by atoms with Crippen molar-refractivity contribution in [2.24, 2.45) is 0 Å². The molecule has 1 aromatic carbocycles. The Hall–Kier alpha value is -1.43. The van der Waals surface area contributed by atoms with Gasteiger partial charge in [0.05, 0.1) is 12.7 Å². The minimum Gasteiger partial charge on any atom is -0.383 e. The smallest absolute Gasteiger partial charge is 0.123 e. The molecule has 0 spiro atoms. The SMILES string of the molecule is COCCN(Cc1[nH]c2ccc(F)cc2c1C)C[C@@H]1CCCO1. The molecule has 1 aliphatic rings. The zero-order valence-electron chi connectivity index (χ0n) is 13.9. The van der Waals surface area contributed by atoms with Crippen molar-refractivity contribution in [3.05, 3.63) is 35.3 Å². The Morgan fingerprint density at radius 3 is 3.04 bits per heavy atom. The van der Waals surface area contributed by atoms with Gasteiger partial charge in [-0.05, 0) is 43.5 Å². The quantitative estimate of drug-likeness (QED) is 0.851. The fraction of sp³-hybridized carbons (Fsp3) is 0.556. The Bertz CT molecular complexity index is 650. The second-order valence-electron chi connectivity index (χ2n) is 6.28. The predicted molar refractivity (Wildman–Crippen MR) is 89.1 cm³/mol. The fourth-order valence-electron chi connectivity index (χ4n) is 3.27. The Morgan fingerprint density at radius 1 is 1.43 bits per heavy atom. The van der Waals surface area contributed by atoms with Gasteiger partial charge in [0.1, 0.15) is 5.82 Å². The molecular weight excluding hydrogens is 295 g/mol. The highest BCUT2D eigenvalue weighted by Gasteiger charge is 2.20. The number of nitrogens with zero attached hydrogens (tertiary/aromatic N) is 1. The number of nitrogens with one attached hydrogen (secondary N) is 1. The van der Waals surface area contributed by atoms with Crippen LogP contribution in [0.15, 0.2) is 18.2 Å². The molecule has 0 aliphatic carbocycles. The van der Waals surface area contributed by atoms with E-state index >= 15 is 0 Å². The van der Waals surface area contributed by atoms with Crippen molar-refractivity contribution >= 4 is 10.9 Å². The largest absolute Gasteiger partial charge is 0.383 e. The molecule has 3 rings (SSSR count). The highest BCUT2D eigenvalue weighted by Crippen LogP contribution is 2.24. The molecule has 0 unspecified atom stereocenters. The molecule has 23 heavy (non-hydrogen) atoms. The van der Waals surface area contributed by atoms with Crippen LogP contribution in [-0.2, 0) is 16.0 Å². The van der Waals surface area contributed by atoms with Crippen LogP contribution in [0.5, 0.6) is 0 Å². The van der Waals surface area contributed by atoms with Crippen LogP contribution in [0.4, 0.5) is 4.39 Å². The summed E-state index contributed by atoms with van der Waals surface area (Å²) >= 11 is 0. The van der Waals surface area contributed by atoms with E-state index in [1.54, 1.807) is 19.2 Å². The fourth-order valence-corrected chi connectivity index (χ4v) is 3.27. The number of halogens is 1. The van der Waals surface area contributed by atoms with Gasteiger partial charge in [0.25, 0.3) is 0 Å². The highest BCUT2D eigenvalue weighted by atomic mass is 19.1. The Morgan fingerprint density at radius 2 is 2.30 bits per heavy atom. The first-order valence-corrected chi connectivity index (χ1v) is 8.27. The van der Waals surface area contributed by atoms with E-state index in [9.17, 15) is 4.39 Å². The minimum absolute atomic E-state index is 0.193. The van der Waals surface area contributed by atoms with Crippen LogP contribution in [0.3, 0.4) is 0 Å². The van der Waals surface area contributed by atoms with Gasteiger partial charge in [-0.3, -0.25) is 4.90 Å². The van der Waals surface area contributed by atoms with Gasteiger partial charge in [0.15, 0.2) is 0 Å². The molecule has 0 amide bonds. The molecule has 0 saturated carbocycles. The lowest BCUT2D eigenvalue weighted by Gasteiger charge is -2.24. The van der Waals surface area contributed by atoms with Gasteiger partial charge in [0, 0.05) is 49.9 Å². The lowest BCUT2D eigenvalue weighted by atomic mass is 10.1. The number of hydrogen-bond donors (Lipinski definition) is 1. The maximum Gasteiger partial charge on any atom is 0.123 e. The summed E-state index contributed by atoms with van der Waals surface area (Å²) in [6.45, 7) is 6.18. The summed E-state index contributed by atoms with van der Waals surface area (Å²) in [4.78, 5) is 5.79. The van der Waals surface area contributed by atoms with E-state index < -0.39 is 0 Å². The molecule has 2 aromatic rings. The number of fused-ring (bicyclic) bond motifs is 1. The zero-order valence-corrected chi connectivity index (χ0v) is 13.9. The Balaban J connectivity index is 1.76. The number of ether oxygens (including phenoxy) is 2. The van der Waals surface area contributed by atoms with E-state index in [1.807, 2.05) is 6.92 Å². The first kappa shape index (κ1) is 16.4. The van der Waals surface area contributed by atoms with E-state index in [1.165, 1.54) is 6.07 Å². The highest BCUT2D eigenvalue weighted by molar-refractivity contribution is 5.84. The maximum atomic E-state index is 13.5. The first-order chi connectivity index (χ1) is 11.2. The van der Waals surface area contributed by atoms with Gasteiger partial charge < -0.3 is 14.5 Å². The van der Waals surface area contributed by atoms with Crippen LogP contribution in [-0.4, -0.2) is 49.4 Å². The summed E-state index contributed by atoms with van der Waals surface area (Å²) in [6.07, 6.45) is 2.59. The molecule has 1 N–H and O–H groups in total. The summed E-state index contributed by atoms with van der Waals surface area (Å²) in [5.41, 5.74) is 3.25. The van der Waals surface area contributed by atoms with Crippen LogP contribution in [0, 0.1) is 12.7 Å². The van der Waals surface area contributed by atoms with Crippen LogP contribution < -0.4 is 0 Å². The number of benzene rings is 1. The van der Waals surface area contributed by atoms with E-state index in [-0.39, 0.29) is 5.82 Å². The third-order valence-corrected chi connectivity index (χ3v) is 4.60. The predicted octanol–water partition coefficient (Wildman–Crippen LogP) is 3.24. The standard InChI is InChI=1S/C18H25FN2O2/c1-13-16-10-14(19)5-6-17(16)20-18(13)12-21(7-9-22-2)11-15-4-3-8-23-15/h5-6,10,15,20H,3-4,7-9,11-12H2,1-2H3/t15-/m0/s1. The molecule has 0 bridgehead atoms. The summed E-state index contributed by atoms with van der Waals surface area (Å²) in [5.74, 6) is -0.193. The number of rotatable bonds is 7. The average molecular weight is 320 g/mol. The van der Waals surface area contributed by atoms with E-state index in [0.717, 1.165) is 61.2 Å². The zero-order chi connectivity index (χ0) is 16.2. The second kappa shape index (κ2) is 7.43. The van der Waals surface area contributed by atoms with Crippen LogP contribution in [0.1, 0.15) is 24.1 Å². The Labute approximate surface area is 136 Å². The minimum atomic E-state index is -0.193. The van der Waals surface area contributed by atoms with Gasteiger partial charge in [-0.2, -0.15) is 0 Å². The van der Waals surface area contributed by atoms with E-state index in [0.29, 0.717) is 12.7 Å². The number of aromatic amines is 1. The van der Waals surface area contributed by atoms with Crippen molar-refractivity contribution in [1.82, 2.24) is 9.88 Å². The molecule has 4 nitrogen and oxygen atoms in total. The molecule has 1 atom stereocenters. The van der Waals surface area contributed by atoms with Crippen molar-refractivity contribution in [1.29, 1.82) is 0 Å². The molecule has 2 heterocycles. The van der Waals surface area contributed by atoms with Gasteiger partial charge in [-0.1, -0.05) is 0 Å².